The summed E-state index contributed by atoms with van der Waals surface area (Å²) >= 11 is 9.81. The maximum atomic E-state index is 7.66. The van der Waals surface area contributed by atoms with Gasteiger partial charge in [0, 0.05) is 0 Å². The Labute approximate surface area is 69.6 Å². The van der Waals surface area contributed by atoms with Crippen molar-refractivity contribution in [3.8, 4) is 12.1 Å². The summed E-state index contributed by atoms with van der Waals surface area (Å²) in [7, 11) is 0. The molecular weight excluding hydrogens is 171 g/mol. The van der Waals surface area contributed by atoms with E-state index in [4.69, 9.17) is 33.7 Å². The third-order valence-corrected chi connectivity index (χ3v) is 0.412. The smallest absolute Gasteiger partial charge is 0.111 e. The summed E-state index contributed by atoms with van der Waals surface area (Å²) in [6, 6.07) is 3.20. The Morgan fingerprint density at radius 2 is 1.10 bits per heavy atom. The van der Waals surface area contributed by atoms with Gasteiger partial charge in [0.25, 0.3) is 0 Å². The quantitative estimate of drug-likeness (QED) is 0.531. The van der Waals surface area contributed by atoms with Gasteiger partial charge in [-0.25, -0.2) is 0 Å². The fourth-order valence-corrected chi connectivity index (χ4v) is 0. The molecule has 0 aliphatic heterocycles. The van der Waals surface area contributed by atoms with Gasteiger partial charge in [-0.05, 0) is 0 Å². The molecule has 2 nitrogen and oxygen atoms in total. The Hall–Kier alpha value is -0.960. The van der Waals surface area contributed by atoms with E-state index in [1.54, 1.807) is 12.1 Å². The highest BCUT2D eigenvalue weighted by molar-refractivity contribution is 6.31. The minimum absolute atomic E-state index is 0.0324. The van der Waals surface area contributed by atoms with Crippen molar-refractivity contribution in [2.45, 2.75) is 0 Å². The van der Waals surface area contributed by atoms with Crippen molar-refractivity contribution < 1.29 is 0 Å². The lowest BCUT2D eigenvalue weighted by atomic mass is 10.7. The highest BCUT2D eigenvalue weighted by Gasteiger charge is 1.69. The molecule has 0 spiro atoms. The van der Waals surface area contributed by atoms with E-state index in [2.05, 4.69) is 13.2 Å². The molecule has 0 fully saturated rings. The number of hydrogen-bond acceptors (Lipinski definition) is 2. The van der Waals surface area contributed by atoms with Gasteiger partial charge in [0.05, 0.1) is 0 Å². The number of hydrogen-bond donors (Lipinski definition) is 0. The number of allylic oxidation sites excluding steroid dienone is 2. The zero-order chi connectivity index (χ0) is 8.57. The summed E-state index contributed by atoms with van der Waals surface area (Å²) in [4.78, 5) is 0. The van der Waals surface area contributed by atoms with Gasteiger partial charge in [0.1, 0.15) is 22.2 Å². The maximum absolute atomic E-state index is 7.66. The van der Waals surface area contributed by atoms with Gasteiger partial charge in [-0.15, -0.1) is 0 Å². The molecule has 0 aliphatic carbocycles. The van der Waals surface area contributed by atoms with Gasteiger partial charge in [-0.3, -0.25) is 0 Å². The first-order valence-corrected chi connectivity index (χ1v) is 2.79. The van der Waals surface area contributed by atoms with Crippen LogP contribution in [-0.2, 0) is 0 Å². The Bertz CT molecular complexity index is 183. The predicted octanol–water partition coefficient (Wildman–Crippen LogP) is 2.52. The lowest BCUT2D eigenvalue weighted by Gasteiger charge is -1.58. The summed E-state index contributed by atoms with van der Waals surface area (Å²) < 4.78 is 0. The number of rotatable bonds is 0. The van der Waals surface area contributed by atoms with Crippen LogP contribution >= 0.6 is 23.2 Å². The molecule has 0 amide bonds. The molecule has 0 atom stereocenters. The molecule has 0 saturated heterocycles. The van der Waals surface area contributed by atoms with Crippen molar-refractivity contribution in [3.63, 3.8) is 0 Å². The fourth-order valence-electron chi connectivity index (χ4n) is 0. The average Bonchev–Trinajstić information content (AvgIpc) is 1.89. The van der Waals surface area contributed by atoms with E-state index in [1.165, 1.54) is 0 Å². The first kappa shape index (κ1) is 11.8. The standard InChI is InChI=1S/2C3H2ClN/c2*1-3(4)2-5/h2*1H2. The van der Waals surface area contributed by atoms with Crippen LogP contribution in [0.5, 0.6) is 0 Å². The molecule has 0 rings (SSSR count). The highest BCUT2D eigenvalue weighted by atomic mass is 35.5. The summed E-state index contributed by atoms with van der Waals surface area (Å²) in [5.74, 6) is 0. The third-order valence-electron chi connectivity index (χ3n) is 0.243. The molecule has 10 heavy (non-hydrogen) atoms. The number of halogens is 2. The summed E-state index contributed by atoms with van der Waals surface area (Å²) in [6.07, 6.45) is 0. The molecule has 0 heterocycles. The lowest BCUT2D eigenvalue weighted by Crippen LogP contribution is -1.44. The molecule has 0 aliphatic rings. The fraction of sp³-hybridized carbons (Fsp3) is 0. The molecule has 0 aromatic heterocycles. The Morgan fingerprint density at radius 1 is 1.00 bits per heavy atom. The molecule has 0 aromatic rings. The molecule has 0 unspecified atom stereocenters. The van der Waals surface area contributed by atoms with Crippen molar-refractivity contribution in [3.05, 3.63) is 23.2 Å². The molecule has 0 N–H and O–H groups in total. The number of nitriles is 2. The van der Waals surface area contributed by atoms with Crippen LogP contribution in [0.25, 0.3) is 0 Å². The molecule has 0 aromatic carbocycles. The summed E-state index contributed by atoms with van der Waals surface area (Å²) in [5.41, 5.74) is 0. The van der Waals surface area contributed by atoms with Crippen LogP contribution in [0, 0.1) is 22.7 Å². The van der Waals surface area contributed by atoms with Crippen LogP contribution in [-0.4, -0.2) is 0 Å². The van der Waals surface area contributed by atoms with Crippen LogP contribution in [0.3, 0.4) is 0 Å². The van der Waals surface area contributed by atoms with Gasteiger partial charge in [-0.2, -0.15) is 10.5 Å². The van der Waals surface area contributed by atoms with E-state index in [-0.39, 0.29) is 10.1 Å². The largest absolute Gasteiger partial charge is 0.191 e. The molecule has 0 radical (unpaired) electrons. The molecule has 0 bridgehead atoms. The Kier molecular flexibility index (Phi) is 9.48. The topological polar surface area (TPSA) is 47.6 Å². The minimum atomic E-state index is 0.0324. The van der Waals surface area contributed by atoms with Crippen LogP contribution in [0.1, 0.15) is 0 Å². The zero-order valence-corrected chi connectivity index (χ0v) is 6.58. The zero-order valence-electron chi connectivity index (χ0n) is 5.06. The minimum Gasteiger partial charge on any atom is -0.191 e. The average molecular weight is 175 g/mol. The second kappa shape index (κ2) is 8.04. The molecule has 0 saturated carbocycles. The first-order valence-electron chi connectivity index (χ1n) is 2.03. The lowest BCUT2D eigenvalue weighted by molar-refractivity contribution is 1.53. The summed E-state index contributed by atoms with van der Waals surface area (Å²) in [5, 5.41) is 15.4. The predicted molar refractivity (Wildman–Crippen MR) is 41.2 cm³/mol. The SMILES string of the molecule is C=C(Cl)C#N.C=C(Cl)C#N. The Balaban J connectivity index is 0. The van der Waals surface area contributed by atoms with Gasteiger partial charge < -0.3 is 0 Å². The van der Waals surface area contributed by atoms with Crippen LogP contribution in [0.4, 0.5) is 0 Å². The van der Waals surface area contributed by atoms with E-state index in [0.717, 1.165) is 0 Å². The van der Waals surface area contributed by atoms with Crippen LogP contribution in [0.2, 0.25) is 0 Å². The Morgan fingerprint density at radius 3 is 1.10 bits per heavy atom. The third kappa shape index (κ3) is 27.8. The normalized spacial score (nSPS) is 5.60. The van der Waals surface area contributed by atoms with E-state index in [0.29, 0.717) is 0 Å². The molecular formula is C6H4Cl2N2. The second-order valence-corrected chi connectivity index (χ2v) is 1.95. The van der Waals surface area contributed by atoms with Crippen molar-refractivity contribution in [1.29, 1.82) is 10.5 Å². The van der Waals surface area contributed by atoms with E-state index >= 15 is 0 Å². The van der Waals surface area contributed by atoms with Gasteiger partial charge in [0.2, 0.25) is 0 Å². The van der Waals surface area contributed by atoms with Crippen molar-refractivity contribution >= 4 is 23.2 Å². The van der Waals surface area contributed by atoms with Crippen molar-refractivity contribution in [2.24, 2.45) is 0 Å². The number of nitrogens with zero attached hydrogens (tertiary/aromatic N) is 2. The van der Waals surface area contributed by atoms with Crippen molar-refractivity contribution in [2.75, 3.05) is 0 Å². The molecule has 4 heteroatoms. The van der Waals surface area contributed by atoms with Gasteiger partial charge in [-0.1, -0.05) is 36.4 Å². The summed E-state index contributed by atoms with van der Waals surface area (Å²) in [6.45, 7) is 6.16. The second-order valence-electron chi connectivity index (χ2n) is 1.03. The monoisotopic (exact) mass is 174 g/mol. The van der Waals surface area contributed by atoms with Gasteiger partial charge in [0.15, 0.2) is 0 Å². The van der Waals surface area contributed by atoms with Gasteiger partial charge >= 0.3 is 0 Å². The first-order chi connectivity index (χ1) is 4.54. The van der Waals surface area contributed by atoms with Crippen LogP contribution in [0.15, 0.2) is 23.2 Å². The van der Waals surface area contributed by atoms with Crippen LogP contribution < -0.4 is 0 Å². The highest BCUT2D eigenvalue weighted by Crippen LogP contribution is 1.88. The van der Waals surface area contributed by atoms with E-state index in [1.807, 2.05) is 0 Å². The maximum Gasteiger partial charge on any atom is 0.111 e. The van der Waals surface area contributed by atoms with E-state index in [9.17, 15) is 0 Å². The molecule has 52 valence electrons. The van der Waals surface area contributed by atoms with E-state index < -0.39 is 0 Å². The van der Waals surface area contributed by atoms with Crippen molar-refractivity contribution in [1.82, 2.24) is 0 Å².